The van der Waals surface area contributed by atoms with Crippen LogP contribution in [0.1, 0.15) is 54.7 Å². The minimum atomic E-state index is -1.01. The fourth-order valence-electron chi connectivity index (χ4n) is 7.66. The summed E-state index contributed by atoms with van der Waals surface area (Å²) in [6, 6.07) is 5.47. The highest BCUT2D eigenvalue weighted by atomic mass is 16.5. The number of carbonyl (C=O) groups is 2. The number of hydrogen-bond acceptors (Lipinski definition) is 4. The number of rotatable bonds is 7. The van der Waals surface area contributed by atoms with E-state index in [-0.39, 0.29) is 19.1 Å². The van der Waals surface area contributed by atoms with E-state index in [1.807, 2.05) is 12.1 Å². The Hall–Kier alpha value is -2.41. The van der Waals surface area contributed by atoms with E-state index >= 15 is 0 Å². The van der Waals surface area contributed by atoms with Crippen LogP contribution in [0.25, 0.3) is 5.65 Å². The molecule has 3 bridgehead atoms. The molecule has 2 aromatic rings. The molecular formula is C23H27N3O4. The summed E-state index contributed by atoms with van der Waals surface area (Å²) in [7, 11) is 0. The Kier molecular flexibility index (Phi) is 3.85. The van der Waals surface area contributed by atoms with Crippen LogP contribution in [-0.4, -0.2) is 39.5 Å². The summed E-state index contributed by atoms with van der Waals surface area (Å²) in [6.45, 7) is 0.505. The zero-order valence-corrected chi connectivity index (χ0v) is 17.0. The van der Waals surface area contributed by atoms with Gasteiger partial charge in [0.1, 0.15) is 17.9 Å². The van der Waals surface area contributed by atoms with Crippen molar-refractivity contribution in [1.82, 2.24) is 14.7 Å². The minimum Gasteiger partial charge on any atom is -0.480 e. The largest absolute Gasteiger partial charge is 0.480 e. The highest BCUT2D eigenvalue weighted by Gasteiger charge is 2.70. The number of nitrogens with zero attached hydrogens (tertiary/aromatic N) is 2. The molecule has 7 heteroatoms. The van der Waals surface area contributed by atoms with E-state index in [9.17, 15) is 9.59 Å². The summed E-state index contributed by atoms with van der Waals surface area (Å²) < 4.78 is 6.90. The number of aromatic nitrogens is 2. The Morgan fingerprint density at radius 1 is 1.23 bits per heavy atom. The second-order valence-corrected chi connectivity index (χ2v) is 10.2. The summed E-state index contributed by atoms with van der Waals surface area (Å²) in [5.41, 5.74) is 2.75. The third kappa shape index (κ3) is 2.64. The van der Waals surface area contributed by atoms with Crippen LogP contribution in [0.15, 0.2) is 24.4 Å². The van der Waals surface area contributed by atoms with Gasteiger partial charge in [0.2, 0.25) is 0 Å². The Morgan fingerprint density at radius 3 is 3.00 bits per heavy atom. The van der Waals surface area contributed by atoms with Gasteiger partial charge in [-0.3, -0.25) is 9.20 Å². The van der Waals surface area contributed by atoms with Crippen LogP contribution in [-0.2, 0) is 16.1 Å². The number of carboxylic acids is 1. The van der Waals surface area contributed by atoms with E-state index in [0.717, 1.165) is 24.3 Å². The molecule has 0 radical (unpaired) electrons. The Labute approximate surface area is 174 Å². The minimum absolute atomic E-state index is 0.0726. The van der Waals surface area contributed by atoms with Crippen LogP contribution < -0.4 is 5.32 Å². The highest BCUT2D eigenvalue weighted by molar-refractivity contribution is 5.93. The van der Waals surface area contributed by atoms with Crippen LogP contribution in [0, 0.1) is 28.6 Å². The van der Waals surface area contributed by atoms with Gasteiger partial charge >= 0.3 is 5.97 Å². The number of amides is 1. The molecule has 2 heterocycles. The van der Waals surface area contributed by atoms with E-state index < -0.39 is 5.97 Å². The van der Waals surface area contributed by atoms with E-state index in [4.69, 9.17) is 9.84 Å². The third-order valence-electron chi connectivity index (χ3n) is 8.46. The Balaban J connectivity index is 1.17. The average molecular weight is 409 g/mol. The van der Waals surface area contributed by atoms with Crippen molar-refractivity contribution >= 4 is 17.5 Å². The average Bonchev–Trinajstić information content (AvgIpc) is 3.26. The number of ether oxygens (including phenoxy) is 1. The molecule has 158 valence electrons. The molecule has 2 aromatic heterocycles. The van der Waals surface area contributed by atoms with E-state index in [0.29, 0.717) is 27.9 Å². The smallest absolute Gasteiger partial charge is 0.329 e. The van der Waals surface area contributed by atoms with Crippen LogP contribution >= 0.6 is 0 Å². The molecule has 4 fully saturated rings. The number of hydrogen-bond donors (Lipinski definition) is 2. The number of carbonyl (C=O) groups excluding carboxylic acids is 1. The van der Waals surface area contributed by atoms with Crippen LogP contribution in [0.3, 0.4) is 0 Å². The van der Waals surface area contributed by atoms with Crippen molar-refractivity contribution in [2.24, 2.45) is 28.6 Å². The zero-order chi connectivity index (χ0) is 20.5. The fourth-order valence-corrected chi connectivity index (χ4v) is 7.66. The summed E-state index contributed by atoms with van der Waals surface area (Å²) >= 11 is 0. The topological polar surface area (TPSA) is 92.9 Å². The molecule has 5 unspecified atom stereocenters. The number of fused-ring (bicyclic) bond motifs is 3. The van der Waals surface area contributed by atoms with Gasteiger partial charge in [0.05, 0.1) is 12.3 Å². The van der Waals surface area contributed by atoms with Crippen molar-refractivity contribution in [3.05, 3.63) is 35.8 Å². The number of imidazole rings is 1. The quantitative estimate of drug-likeness (QED) is 0.734. The Bertz CT molecular complexity index is 1040. The first-order valence-electron chi connectivity index (χ1n) is 11.0. The maximum Gasteiger partial charge on any atom is 0.329 e. The van der Waals surface area contributed by atoms with Crippen LogP contribution in [0.5, 0.6) is 0 Å². The van der Waals surface area contributed by atoms with Crippen molar-refractivity contribution < 1.29 is 19.4 Å². The summed E-state index contributed by atoms with van der Waals surface area (Å²) in [5, 5.41) is 12.0. The van der Waals surface area contributed by atoms with Gasteiger partial charge in [0.25, 0.3) is 5.91 Å². The molecule has 2 N–H and O–H groups in total. The van der Waals surface area contributed by atoms with Crippen molar-refractivity contribution in [3.63, 3.8) is 0 Å². The van der Waals surface area contributed by atoms with Gasteiger partial charge in [-0.15, -0.1) is 0 Å². The highest BCUT2D eigenvalue weighted by Crippen LogP contribution is 2.78. The predicted octanol–water partition coefficient (Wildman–Crippen LogP) is 2.88. The van der Waals surface area contributed by atoms with Gasteiger partial charge in [-0.2, -0.15) is 0 Å². The van der Waals surface area contributed by atoms with Crippen LogP contribution in [0.4, 0.5) is 0 Å². The second kappa shape index (κ2) is 6.30. The van der Waals surface area contributed by atoms with Gasteiger partial charge < -0.3 is 15.2 Å². The molecule has 4 aliphatic rings. The van der Waals surface area contributed by atoms with Crippen molar-refractivity contribution in [3.8, 4) is 0 Å². The lowest BCUT2D eigenvalue weighted by Gasteiger charge is -2.49. The molecule has 4 aliphatic carbocycles. The molecule has 5 atom stereocenters. The lowest BCUT2D eigenvalue weighted by molar-refractivity contribution is -0.142. The summed E-state index contributed by atoms with van der Waals surface area (Å²) in [5.74, 6) is 1.65. The summed E-state index contributed by atoms with van der Waals surface area (Å²) in [6.07, 6.45) is 9.93. The van der Waals surface area contributed by atoms with Gasteiger partial charge in [-0.1, -0.05) is 6.07 Å². The molecule has 0 aromatic carbocycles. The lowest BCUT2D eigenvalue weighted by Crippen LogP contribution is -2.43. The molecule has 4 saturated carbocycles. The van der Waals surface area contributed by atoms with Gasteiger partial charge in [0.15, 0.2) is 0 Å². The molecule has 6 rings (SSSR count). The molecule has 1 spiro atoms. The second-order valence-electron chi connectivity index (χ2n) is 10.2. The Morgan fingerprint density at radius 2 is 2.13 bits per heavy atom. The molecule has 0 aliphatic heterocycles. The zero-order valence-electron chi connectivity index (χ0n) is 17.0. The third-order valence-corrected chi connectivity index (χ3v) is 8.46. The van der Waals surface area contributed by atoms with Crippen LogP contribution in [0.2, 0.25) is 0 Å². The van der Waals surface area contributed by atoms with E-state index in [1.54, 1.807) is 16.7 Å². The first-order valence-corrected chi connectivity index (χ1v) is 11.0. The van der Waals surface area contributed by atoms with E-state index in [1.165, 1.54) is 38.5 Å². The normalized spacial score (nSPS) is 35.4. The number of pyridine rings is 1. The molecule has 7 nitrogen and oxygen atoms in total. The molecule has 30 heavy (non-hydrogen) atoms. The van der Waals surface area contributed by atoms with Gasteiger partial charge in [-0.25, -0.2) is 9.78 Å². The lowest BCUT2D eigenvalue weighted by atomic mass is 9.55. The fraction of sp³-hybridized carbons (Fsp3) is 0.609. The van der Waals surface area contributed by atoms with Crippen molar-refractivity contribution in [1.29, 1.82) is 0 Å². The first-order chi connectivity index (χ1) is 14.5. The van der Waals surface area contributed by atoms with Gasteiger partial charge in [0, 0.05) is 12.7 Å². The van der Waals surface area contributed by atoms with E-state index in [2.05, 4.69) is 10.3 Å². The number of aliphatic carboxylic acids is 1. The standard InChI is InChI=1S/C23H27N3O4/c27-20(28)11-30-10-17-9-26-18(2-1-3-19(26)25-17)21(29)24-13-22-6-14-4-15-5-16(8-22)23(15,7-14)12-22/h1-3,9,14-16H,4-8,10-13H2,(H,24,29)(H,27,28). The SMILES string of the molecule is O=C(O)COCc1cn2c(C(=O)NCC34CC5CC6CC(C3)C6(C5)C4)cccc2n1. The first kappa shape index (κ1) is 18.4. The molecular weight excluding hydrogens is 382 g/mol. The predicted molar refractivity (Wildman–Crippen MR) is 108 cm³/mol. The maximum absolute atomic E-state index is 13.1. The number of carboxylic acid groups (broad SMARTS) is 1. The van der Waals surface area contributed by atoms with Crippen molar-refractivity contribution in [2.45, 2.75) is 45.1 Å². The number of nitrogens with one attached hydrogen (secondary N) is 1. The summed E-state index contributed by atoms with van der Waals surface area (Å²) in [4.78, 5) is 28.2. The molecule has 1 amide bonds. The molecule has 0 saturated heterocycles. The van der Waals surface area contributed by atoms with Crippen molar-refractivity contribution in [2.75, 3.05) is 13.2 Å². The maximum atomic E-state index is 13.1. The van der Waals surface area contributed by atoms with Gasteiger partial charge in [-0.05, 0) is 79.2 Å². The monoisotopic (exact) mass is 409 g/mol.